The van der Waals surface area contributed by atoms with Gasteiger partial charge in [0.05, 0.1) is 5.56 Å². The van der Waals surface area contributed by atoms with Gasteiger partial charge in [0.15, 0.2) is 0 Å². The minimum atomic E-state index is -0.997. The predicted octanol–water partition coefficient (Wildman–Crippen LogP) is 2.38. The van der Waals surface area contributed by atoms with Crippen molar-refractivity contribution in [3.63, 3.8) is 0 Å². The van der Waals surface area contributed by atoms with Crippen molar-refractivity contribution in [3.05, 3.63) is 23.9 Å². The van der Waals surface area contributed by atoms with Crippen LogP contribution in [0, 0.1) is 0 Å². The van der Waals surface area contributed by atoms with Gasteiger partial charge < -0.3 is 10.2 Å². The molecule has 0 saturated heterocycles. The summed E-state index contributed by atoms with van der Waals surface area (Å²) in [6.45, 7) is 0. The summed E-state index contributed by atoms with van der Waals surface area (Å²) in [6, 6.07) is 3.13. The molecule has 0 fully saturated rings. The zero-order valence-corrected chi connectivity index (χ0v) is 10.5. The summed E-state index contributed by atoms with van der Waals surface area (Å²) in [5.41, 5.74) is 0.158. The zero-order chi connectivity index (χ0) is 12.7. The summed E-state index contributed by atoms with van der Waals surface area (Å²) in [6.07, 6.45) is 2.08. The van der Waals surface area contributed by atoms with Crippen LogP contribution in [-0.2, 0) is 4.79 Å². The van der Waals surface area contributed by atoms with Gasteiger partial charge in [-0.3, -0.25) is 4.79 Å². The number of carboxylic acids is 2. The van der Waals surface area contributed by atoms with E-state index >= 15 is 0 Å². The number of nitrogens with zero attached hydrogens (tertiary/aromatic N) is 1. The fraction of sp³-hybridized carbons (Fsp3) is 0.300. The molecule has 0 spiro atoms. The van der Waals surface area contributed by atoms with Crippen LogP contribution in [0.2, 0.25) is 0 Å². The molecule has 5 nitrogen and oxygen atoms in total. The second kappa shape index (κ2) is 7.18. The maximum atomic E-state index is 10.6. The Balaban J connectivity index is 2.27. The normalized spacial score (nSPS) is 10.1. The van der Waals surface area contributed by atoms with Crippen LogP contribution < -0.4 is 0 Å². The molecule has 1 heterocycles. The number of carbonyl (C=O) groups is 2. The van der Waals surface area contributed by atoms with Gasteiger partial charge in [-0.05, 0) is 29.3 Å². The Labute approximate surface area is 106 Å². The van der Waals surface area contributed by atoms with E-state index in [4.69, 9.17) is 10.2 Å². The van der Waals surface area contributed by atoms with Gasteiger partial charge in [0, 0.05) is 18.4 Å². The standard InChI is InChI=1S/C10H11NO4S2/c12-9(13)2-1-5-16-17-8-4-3-7(6-11-8)10(14)15/h3-4,6H,1-2,5H2,(H,12,13)(H,14,15). The number of rotatable bonds is 7. The van der Waals surface area contributed by atoms with Gasteiger partial charge in [-0.2, -0.15) is 0 Å². The molecule has 1 rings (SSSR count). The first-order valence-electron chi connectivity index (χ1n) is 4.80. The summed E-state index contributed by atoms with van der Waals surface area (Å²) in [5, 5.41) is 17.8. The molecule has 0 radical (unpaired) electrons. The van der Waals surface area contributed by atoms with Crippen LogP contribution >= 0.6 is 21.6 Å². The average molecular weight is 273 g/mol. The van der Waals surface area contributed by atoms with E-state index in [1.54, 1.807) is 6.07 Å². The highest BCUT2D eigenvalue weighted by molar-refractivity contribution is 8.76. The molecule has 2 N–H and O–H groups in total. The third-order valence-electron chi connectivity index (χ3n) is 1.75. The van der Waals surface area contributed by atoms with Gasteiger partial charge in [-0.1, -0.05) is 10.8 Å². The molecule has 0 atom stereocenters. The molecule has 0 aromatic carbocycles. The lowest BCUT2D eigenvalue weighted by atomic mass is 10.3. The number of aromatic carboxylic acids is 1. The summed E-state index contributed by atoms with van der Waals surface area (Å²) in [4.78, 5) is 24.8. The predicted molar refractivity (Wildman–Crippen MR) is 66.4 cm³/mol. The Morgan fingerprint density at radius 2 is 2.06 bits per heavy atom. The molecule has 1 aromatic rings. The number of hydrogen-bond donors (Lipinski definition) is 2. The molecular weight excluding hydrogens is 262 g/mol. The van der Waals surface area contributed by atoms with Crippen molar-refractivity contribution in [2.24, 2.45) is 0 Å². The van der Waals surface area contributed by atoms with E-state index in [1.807, 2.05) is 0 Å². The summed E-state index contributed by atoms with van der Waals surface area (Å²) < 4.78 is 0. The van der Waals surface area contributed by atoms with Crippen LogP contribution in [0.15, 0.2) is 23.4 Å². The third-order valence-corrected chi connectivity index (χ3v) is 4.10. The topological polar surface area (TPSA) is 87.5 Å². The molecular formula is C10H11NO4S2. The molecule has 0 bridgehead atoms. The second-order valence-corrected chi connectivity index (χ2v) is 5.53. The average Bonchev–Trinajstić information content (AvgIpc) is 2.29. The van der Waals surface area contributed by atoms with Gasteiger partial charge in [0.25, 0.3) is 0 Å². The quantitative estimate of drug-likeness (QED) is 0.582. The number of aromatic nitrogens is 1. The SMILES string of the molecule is O=C(O)CCCSSc1ccc(C(=O)O)cn1. The van der Waals surface area contributed by atoms with Crippen LogP contribution in [0.1, 0.15) is 23.2 Å². The molecule has 7 heteroatoms. The summed E-state index contributed by atoms with van der Waals surface area (Å²) in [7, 11) is 2.92. The Kier molecular flexibility index (Phi) is 5.85. The molecule has 0 unspecified atom stereocenters. The first-order valence-corrected chi connectivity index (χ1v) is 7.12. The van der Waals surface area contributed by atoms with Crippen LogP contribution in [0.4, 0.5) is 0 Å². The van der Waals surface area contributed by atoms with Crippen LogP contribution in [0.5, 0.6) is 0 Å². The van der Waals surface area contributed by atoms with Crippen molar-refractivity contribution in [2.75, 3.05) is 5.75 Å². The number of carboxylic acid groups (broad SMARTS) is 2. The highest BCUT2D eigenvalue weighted by Gasteiger charge is 2.03. The first-order chi connectivity index (χ1) is 8.09. The summed E-state index contributed by atoms with van der Waals surface area (Å²) in [5.74, 6) is -1.07. The molecule has 92 valence electrons. The lowest BCUT2D eigenvalue weighted by Gasteiger charge is -2.00. The molecule has 0 aliphatic heterocycles. The van der Waals surface area contributed by atoms with Crippen molar-refractivity contribution >= 4 is 33.5 Å². The fourth-order valence-corrected chi connectivity index (χ4v) is 2.89. The maximum Gasteiger partial charge on any atom is 0.337 e. The Bertz CT molecular complexity index is 394. The Morgan fingerprint density at radius 1 is 1.29 bits per heavy atom. The fourth-order valence-electron chi connectivity index (χ4n) is 0.940. The van der Waals surface area contributed by atoms with Crippen molar-refractivity contribution in [1.82, 2.24) is 4.98 Å². The van der Waals surface area contributed by atoms with Crippen molar-refractivity contribution in [1.29, 1.82) is 0 Å². The van der Waals surface area contributed by atoms with Crippen molar-refractivity contribution in [3.8, 4) is 0 Å². The van der Waals surface area contributed by atoms with Crippen molar-refractivity contribution in [2.45, 2.75) is 17.9 Å². The minimum Gasteiger partial charge on any atom is -0.481 e. The van der Waals surface area contributed by atoms with E-state index in [0.717, 1.165) is 10.8 Å². The van der Waals surface area contributed by atoms with Gasteiger partial charge in [0.2, 0.25) is 0 Å². The van der Waals surface area contributed by atoms with Crippen LogP contribution in [0.25, 0.3) is 0 Å². The number of aliphatic carboxylic acids is 1. The second-order valence-electron chi connectivity index (χ2n) is 3.09. The summed E-state index contributed by atoms with van der Waals surface area (Å²) >= 11 is 0. The smallest absolute Gasteiger partial charge is 0.337 e. The Morgan fingerprint density at radius 3 is 2.59 bits per heavy atom. The lowest BCUT2D eigenvalue weighted by Crippen LogP contribution is -1.96. The third kappa shape index (κ3) is 5.60. The van der Waals surface area contributed by atoms with Gasteiger partial charge in [-0.25, -0.2) is 9.78 Å². The van der Waals surface area contributed by atoms with Crippen LogP contribution in [-0.4, -0.2) is 32.9 Å². The zero-order valence-electron chi connectivity index (χ0n) is 8.83. The van der Waals surface area contributed by atoms with Crippen LogP contribution in [0.3, 0.4) is 0 Å². The number of pyridine rings is 1. The molecule has 17 heavy (non-hydrogen) atoms. The van der Waals surface area contributed by atoms with Gasteiger partial charge in [-0.15, -0.1) is 0 Å². The van der Waals surface area contributed by atoms with E-state index in [9.17, 15) is 9.59 Å². The monoisotopic (exact) mass is 273 g/mol. The first kappa shape index (κ1) is 13.9. The molecule has 0 aliphatic rings. The Hall–Kier alpha value is -1.21. The lowest BCUT2D eigenvalue weighted by molar-refractivity contribution is -0.137. The van der Waals surface area contributed by atoms with E-state index in [2.05, 4.69) is 4.98 Å². The van der Waals surface area contributed by atoms with Crippen molar-refractivity contribution < 1.29 is 19.8 Å². The molecule has 0 saturated carbocycles. The highest BCUT2D eigenvalue weighted by Crippen LogP contribution is 2.29. The molecule has 0 amide bonds. The molecule has 0 aliphatic carbocycles. The van der Waals surface area contributed by atoms with Gasteiger partial charge >= 0.3 is 11.9 Å². The van der Waals surface area contributed by atoms with Gasteiger partial charge in [0.1, 0.15) is 5.03 Å². The largest absolute Gasteiger partial charge is 0.481 e. The minimum absolute atomic E-state index is 0.158. The highest BCUT2D eigenvalue weighted by atomic mass is 33.1. The maximum absolute atomic E-state index is 10.6. The number of hydrogen-bond acceptors (Lipinski definition) is 5. The van der Waals surface area contributed by atoms with E-state index in [0.29, 0.717) is 6.42 Å². The van der Waals surface area contributed by atoms with E-state index in [1.165, 1.54) is 33.9 Å². The van der Waals surface area contributed by atoms with E-state index in [-0.39, 0.29) is 12.0 Å². The van der Waals surface area contributed by atoms with E-state index < -0.39 is 11.9 Å². The molecule has 1 aromatic heterocycles.